The lowest BCUT2D eigenvalue weighted by Gasteiger charge is -2.25. The number of imidazole rings is 1. The molecule has 37 heavy (non-hydrogen) atoms. The first-order valence-corrected chi connectivity index (χ1v) is 12.2. The number of methoxy groups -OCH3 is 3. The summed E-state index contributed by atoms with van der Waals surface area (Å²) >= 11 is 0. The molecule has 1 fully saturated rings. The van der Waals surface area contributed by atoms with E-state index < -0.39 is 0 Å². The number of aliphatic hydroxyl groups excluding tert-OH is 1. The van der Waals surface area contributed by atoms with Crippen LogP contribution in [0.5, 0.6) is 17.2 Å². The van der Waals surface area contributed by atoms with Gasteiger partial charge >= 0.3 is 0 Å². The van der Waals surface area contributed by atoms with Crippen LogP contribution in [0.1, 0.15) is 32.7 Å². The summed E-state index contributed by atoms with van der Waals surface area (Å²) in [5, 5.41) is 18.6. The van der Waals surface area contributed by atoms with Gasteiger partial charge in [-0.3, -0.25) is 0 Å². The maximum atomic E-state index is 9.93. The summed E-state index contributed by atoms with van der Waals surface area (Å²) in [5.74, 6) is 3.35. The number of ether oxygens (including phenoxy) is 3. The molecule has 0 saturated carbocycles. The molecular formula is C25H32N8O4. The molecule has 196 valence electrons. The summed E-state index contributed by atoms with van der Waals surface area (Å²) in [4.78, 5) is 16.3. The molecule has 4 aromatic rings. The Morgan fingerprint density at radius 3 is 2.51 bits per heavy atom. The number of nitrogens with zero attached hydrogens (tertiary/aromatic N) is 7. The molecule has 12 nitrogen and oxygen atoms in total. The highest BCUT2D eigenvalue weighted by Gasteiger charge is 2.28. The lowest BCUT2D eigenvalue weighted by molar-refractivity contribution is 0.266. The fourth-order valence-electron chi connectivity index (χ4n) is 4.73. The smallest absolute Gasteiger partial charge is 0.232 e. The van der Waals surface area contributed by atoms with Crippen molar-refractivity contribution < 1.29 is 19.3 Å². The zero-order valence-corrected chi connectivity index (χ0v) is 21.7. The third-order valence-electron chi connectivity index (χ3n) is 6.55. The lowest BCUT2D eigenvalue weighted by atomic mass is 10.2. The van der Waals surface area contributed by atoms with Gasteiger partial charge in [0.15, 0.2) is 23.0 Å². The molecule has 4 heterocycles. The Morgan fingerprint density at radius 2 is 1.86 bits per heavy atom. The molecule has 3 aromatic heterocycles. The van der Waals surface area contributed by atoms with Crippen molar-refractivity contribution in [1.82, 2.24) is 29.3 Å². The number of benzene rings is 1. The summed E-state index contributed by atoms with van der Waals surface area (Å²) in [6, 6.07) is 3.83. The fourth-order valence-corrected chi connectivity index (χ4v) is 4.73. The molecular weight excluding hydrogens is 476 g/mol. The Bertz CT molecular complexity index is 1370. The summed E-state index contributed by atoms with van der Waals surface area (Å²) < 4.78 is 20.1. The normalized spacial score (nSPS) is 15.5. The Labute approximate surface area is 214 Å². The van der Waals surface area contributed by atoms with Crippen LogP contribution in [0.15, 0.2) is 30.9 Å². The highest BCUT2D eigenvalue weighted by atomic mass is 16.5. The SMILES string of the molecule is COc1cc(-n2cnc(Nc3nc(N4CCC[C@H]4CO)c4cnn(C(C)C)c4n3)c2)cc(OC)c1OC. The van der Waals surface area contributed by atoms with Crippen LogP contribution < -0.4 is 24.4 Å². The van der Waals surface area contributed by atoms with Crippen molar-refractivity contribution in [1.29, 1.82) is 0 Å². The molecule has 0 spiro atoms. The first kappa shape index (κ1) is 24.6. The fraction of sp³-hybridized carbons (Fsp3) is 0.440. The topological polar surface area (TPSA) is 125 Å². The van der Waals surface area contributed by atoms with Gasteiger partial charge in [-0.15, -0.1) is 0 Å². The van der Waals surface area contributed by atoms with E-state index in [0.29, 0.717) is 29.0 Å². The van der Waals surface area contributed by atoms with Gasteiger partial charge in [0.2, 0.25) is 11.7 Å². The summed E-state index contributed by atoms with van der Waals surface area (Å²) in [6.45, 7) is 5.02. The Hall–Kier alpha value is -4.06. The van der Waals surface area contributed by atoms with Gasteiger partial charge in [-0.1, -0.05) is 0 Å². The van der Waals surface area contributed by atoms with Crippen LogP contribution in [-0.2, 0) is 0 Å². The second-order valence-corrected chi connectivity index (χ2v) is 9.14. The third-order valence-corrected chi connectivity index (χ3v) is 6.55. The van der Waals surface area contributed by atoms with Gasteiger partial charge in [0, 0.05) is 24.7 Å². The van der Waals surface area contributed by atoms with E-state index in [0.717, 1.165) is 41.9 Å². The van der Waals surface area contributed by atoms with Gasteiger partial charge in [0.25, 0.3) is 0 Å². The molecule has 0 radical (unpaired) electrons. The standard InChI is InChI=1S/C25H32N8O4/c1-15(2)33-24-18(11-27-33)23(32-8-6-7-16(32)13-34)29-25(30-24)28-21-12-31(14-26-21)17-9-19(35-3)22(37-5)20(10-17)36-4/h9-12,14-16,34H,6-8,13H2,1-5H3,(H,28,29,30)/t16-/m0/s1. The van der Waals surface area contributed by atoms with E-state index in [1.807, 2.05) is 27.6 Å². The third kappa shape index (κ3) is 4.48. The summed E-state index contributed by atoms with van der Waals surface area (Å²) in [6.07, 6.45) is 7.24. The van der Waals surface area contributed by atoms with Crippen LogP contribution >= 0.6 is 0 Å². The monoisotopic (exact) mass is 508 g/mol. The number of hydrogen-bond donors (Lipinski definition) is 2. The van der Waals surface area contributed by atoms with Gasteiger partial charge in [-0.05, 0) is 26.7 Å². The molecule has 0 unspecified atom stereocenters. The largest absolute Gasteiger partial charge is 0.493 e. The average Bonchev–Trinajstić information content (AvgIpc) is 3.66. The molecule has 1 aromatic carbocycles. The number of hydrogen-bond acceptors (Lipinski definition) is 10. The number of aliphatic hydroxyl groups is 1. The maximum Gasteiger partial charge on any atom is 0.232 e. The van der Waals surface area contributed by atoms with E-state index in [9.17, 15) is 5.11 Å². The molecule has 1 atom stereocenters. The van der Waals surface area contributed by atoms with Crippen molar-refractivity contribution in [2.75, 3.05) is 44.7 Å². The van der Waals surface area contributed by atoms with E-state index >= 15 is 0 Å². The molecule has 0 bridgehead atoms. The van der Waals surface area contributed by atoms with Crippen molar-refractivity contribution in [2.45, 2.75) is 38.8 Å². The first-order valence-electron chi connectivity index (χ1n) is 12.2. The molecule has 1 aliphatic heterocycles. The minimum atomic E-state index is 0.0209. The summed E-state index contributed by atoms with van der Waals surface area (Å²) in [5.41, 5.74) is 1.52. The van der Waals surface area contributed by atoms with Gasteiger partial charge in [0.05, 0.1) is 57.4 Å². The molecule has 2 N–H and O–H groups in total. The Balaban J connectivity index is 1.51. The van der Waals surface area contributed by atoms with Gasteiger partial charge in [-0.25, -0.2) is 9.67 Å². The van der Waals surface area contributed by atoms with Crippen LogP contribution in [0.2, 0.25) is 0 Å². The maximum absolute atomic E-state index is 9.93. The van der Waals surface area contributed by atoms with Crippen molar-refractivity contribution in [3.05, 3.63) is 30.9 Å². The number of fused-ring (bicyclic) bond motifs is 1. The minimum absolute atomic E-state index is 0.0209. The Kier molecular flexibility index (Phi) is 6.74. The zero-order valence-electron chi connectivity index (χ0n) is 21.7. The molecule has 12 heteroatoms. The van der Waals surface area contributed by atoms with Crippen molar-refractivity contribution in [3.8, 4) is 22.9 Å². The highest BCUT2D eigenvalue weighted by molar-refractivity contribution is 5.88. The average molecular weight is 509 g/mol. The lowest BCUT2D eigenvalue weighted by Crippen LogP contribution is -2.33. The van der Waals surface area contributed by atoms with Crippen molar-refractivity contribution >= 4 is 28.6 Å². The number of rotatable bonds is 9. The summed E-state index contributed by atoms with van der Waals surface area (Å²) in [7, 11) is 4.73. The van der Waals surface area contributed by atoms with E-state index in [-0.39, 0.29) is 18.7 Å². The van der Waals surface area contributed by atoms with Gasteiger partial charge in [-0.2, -0.15) is 15.1 Å². The Morgan fingerprint density at radius 1 is 1.11 bits per heavy atom. The van der Waals surface area contributed by atoms with E-state index in [4.69, 9.17) is 24.2 Å². The second kappa shape index (κ2) is 10.1. The molecule has 5 rings (SSSR count). The van der Waals surface area contributed by atoms with Crippen LogP contribution in [0.4, 0.5) is 17.6 Å². The second-order valence-electron chi connectivity index (χ2n) is 9.14. The minimum Gasteiger partial charge on any atom is -0.493 e. The highest BCUT2D eigenvalue weighted by Crippen LogP contribution is 2.39. The quantitative estimate of drug-likeness (QED) is 0.348. The molecule has 0 aliphatic carbocycles. The predicted octanol–water partition coefficient (Wildman–Crippen LogP) is 3.32. The number of nitrogens with one attached hydrogen (secondary N) is 1. The van der Waals surface area contributed by atoms with E-state index in [1.54, 1.807) is 33.9 Å². The van der Waals surface area contributed by atoms with Crippen molar-refractivity contribution in [2.24, 2.45) is 0 Å². The van der Waals surface area contributed by atoms with E-state index in [2.05, 4.69) is 34.1 Å². The van der Waals surface area contributed by atoms with E-state index in [1.165, 1.54) is 0 Å². The zero-order chi connectivity index (χ0) is 26.1. The molecule has 1 aliphatic rings. The van der Waals surface area contributed by atoms with Crippen LogP contribution in [0, 0.1) is 0 Å². The van der Waals surface area contributed by atoms with Crippen LogP contribution in [0.3, 0.4) is 0 Å². The van der Waals surface area contributed by atoms with Crippen LogP contribution in [0.25, 0.3) is 16.7 Å². The molecule has 1 saturated heterocycles. The molecule has 0 amide bonds. The number of aromatic nitrogens is 6. The van der Waals surface area contributed by atoms with Crippen LogP contribution in [-0.4, -0.2) is 74.9 Å². The number of anilines is 3. The van der Waals surface area contributed by atoms with Crippen molar-refractivity contribution in [3.63, 3.8) is 0 Å². The van der Waals surface area contributed by atoms with Gasteiger partial charge in [0.1, 0.15) is 12.1 Å². The predicted molar refractivity (Wildman–Crippen MR) is 140 cm³/mol. The first-order chi connectivity index (χ1) is 18.0. The van der Waals surface area contributed by atoms with Gasteiger partial charge < -0.3 is 34.1 Å².